The van der Waals surface area contributed by atoms with Crippen LogP contribution in [-0.4, -0.2) is 5.78 Å². The van der Waals surface area contributed by atoms with Crippen molar-refractivity contribution in [3.63, 3.8) is 0 Å². The van der Waals surface area contributed by atoms with E-state index in [1.54, 1.807) is 0 Å². The number of hydrogen-bond donors (Lipinski definition) is 0. The summed E-state index contributed by atoms with van der Waals surface area (Å²) >= 11 is 0. The summed E-state index contributed by atoms with van der Waals surface area (Å²) < 4.78 is 0. The van der Waals surface area contributed by atoms with Gasteiger partial charge in [0.25, 0.3) is 0 Å². The molecule has 0 spiro atoms. The second kappa shape index (κ2) is 5.46. The normalized spacial score (nSPS) is 11.1. The molecular formula is C19H17O. The molecule has 0 aliphatic heterocycles. The van der Waals surface area contributed by atoms with Gasteiger partial charge in [0.15, 0.2) is 5.78 Å². The highest BCUT2D eigenvalue weighted by Crippen LogP contribution is 2.29. The second-order valence-corrected chi connectivity index (χ2v) is 5.05. The van der Waals surface area contributed by atoms with Gasteiger partial charge in [0, 0.05) is 12.0 Å². The maximum Gasteiger partial charge on any atom is 0.167 e. The average Bonchev–Trinajstić information content (AvgIpc) is 2.50. The highest BCUT2D eigenvalue weighted by Gasteiger charge is 2.14. The number of Topliss-reactive ketones (excluding diaryl/α,β-unsaturated/α-hetero) is 1. The standard InChI is InChI=1S/C19H17O/c1-2-3-12-18(20)19-16-10-6-4-8-14(16)13-15-9-5-7-11-17(15)19/h4-13H,2-3H2,1H3. The third kappa shape index (κ3) is 2.20. The monoisotopic (exact) mass is 261 g/mol. The first kappa shape index (κ1) is 12.9. The average molecular weight is 261 g/mol. The maximum absolute atomic E-state index is 12.6. The van der Waals surface area contributed by atoms with E-state index >= 15 is 0 Å². The van der Waals surface area contributed by atoms with E-state index in [9.17, 15) is 4.79 Å². The molecular weight excluding hydrogens is 244 g/mol. The molecule has 99 valence electrons. The van der Waals surface area contributed by atoms with E-state index in [0.29, 0.717) is 0 Å². The molecule has 1 nitrogen and oxygen atoms in total. The molecule has 0 amide bonds. The van der Waals surface area contributed by atoms with Gasteiger partial charge in [-0.1, -0.05) is 61.9 Å². The SMILES string of the molecule is CCC[CH]C(=O)c1c2ccccc2cc2ccccc12. The van der Waals surface area contributed by atoms with Crippen molar-refractivity contribution >= 4 is 27.3 Å². The predicted molar refractivity (Wildman–Crippen MR) is 85.0 cm³/mol. The molecule has 3 rings (SSSR count). The molecule has 0 aliphatic carbocycles. The number of hydrogen-bond acceptors (Lipinski definition) is 1. The number of carbonyl (C=O) groups excluding carboxylic acids is 1. The third-order valence-electron chi connectivity index (χ3n) is 3.64. The topological polar surface area (TPSA) is 17.1 Å². The van der Waals surface area contributed by atoms with E-state index in [4.69, 9.17) is 0 Å². The Kier molecular flexibility index (Phi) is 3.51. The van der Waals surface area contributed by atoms with Crippen molar-refractivity contribution in [2.75, 3.05) is 0 Å². The minimum Gasteiger partial charge on any atom is -0.294 e. The van der Waals surface area contributed by atoms with Gasteiger partial charge in [-0.25, -0.2) is 0 Å². The Morgan fingerprint density at radius 1 is 0.950 bits per heavy atom. The Hall–Kier alpha value is -2.15. The highest BCUT2D eigenvalue weighted by molar-refractivity contribution is 6.21. The number of benzene rings is 3. The molecule has 0 aliphatic rings. The Labute approximate surface area is 119 Å². The number of unbranched alkanes of at least 4 members (excludes halogenated alkanes) is 1. The fourth-order valence-corrected chi connectivity index (χ4v) is 2.66. The van der Waals surface area contributed by atoms with Crippen molar-refractivity contribution in [1.82, 2.24) is 0 Å². The van der Waals surface area contributed by atoms with E-state index in [1.807, 2.05) is 42.8 Å². The summed E-state index contributed by atoms with van der Waals surface area (Å²) in [5, 5.41) is 4.34. The zero-order valence-electron chi connectivity index (χ0n) is 11.6. The number of rotatable bonds is 4. The second-order valence-electron chi connectivity index (χ2n) is 5.05. The molecule has 0 saturated heterocycles. The van der Waals surface area contributed by atoms with E-state index in [-0.39, 0.29) is 5.78 Å². The van der Waals surface area contributed by atoms with Crippen molar-refractivity contribution in [2.24, 2.45) is 0 Å². The largest absolute Gasteiger partial charge is 0.294 e. The van der Waals surface area contributed by atoms with Crippen molar-refractivity contribution in [2.45, 2.75) is 19.8 Å². The Bertz CT molecular complexity index is 717. The van der Waals surface area contributed by atoms with Gasteiger partial charge in [-0.15, -0.1) is 0 Å². The summed E-state index contributed by atoms with van der Waals surface area (Å²) in [6.45, 7) is 2.09. The van der Waals surface area contributed by atoms with Crippen LogP contribution < -0.4 is 0 Å². The summed E-state index contributed by atoms with van der Waals surface area (Å²) in [7, 11) is 0. The Balaban J connectivity index is 2.30. The van der Waals surface area contributed by atoms with Gasteiger partial charge in [-0.05, 0) is 34.0 Å². The van der Waals surface area contributed by atoms with Crippen LogP contribution in [0, 0.1) is 6.42 Å². The Morgan fingerprint density at radius 3 is 2.05 bits per heavy atom. The van der Waals surface area contributed by atoms with Gasteiger partial charge in [-0.3, -0.25) is 4.79 Å². The van der Waals surface area contributed by atoms with Crippen LogP contribution in [0.3, 0.4) is 0 Å². The first-order chi connectivity index (χ1) is 9.81. The lowest BCUT2D eigenvalue weighted by molar-refractivity contribution is 0.102. The lowest BCUT2D eigenvalue weighted by atomic mass is 9.92. The van der Waals surface area contributed by atoms with Crippen molar-refractivity contribution in [3.05, 3.63) is 66.6 Å². The van der Waals surface area contributed by atoms with Gasteiger partial charge < -0.3 is 0 Å². The molecule has 3 aromatic rings. The van der Waals surface area contributed by atoms with Crippen LogP contribution >= 0.6 is 0 Å². The number of ketones is 1. The van der Waals surface area contributed by atoms with Crippen LogP contribution in [0.25, 0.3) is 21.5 Å². The molecule has 0 aromatic heterocycles. The van der Waals surface area contributed by atoms with Crippen molar-refractivity contribution in [1.29, 1.82) is 0 Å². The van der Waals surface area contributed by atoms with Crippen LogP contribution in [-0.2, 0) is 0 Å². The predicted octanol–water partition coefficient (Wildman–Crippen LogP) is 5.18. The lowest BCUT2D eigenvalue weighted by Gasteiger charge is -2.10. The first-order valence-corrected chi connectivity index (χ1v) is 7.09. The van der Waals surface area contributed by atoms with Gasteiger partial charge in [0.2, 0.25) is 0 Å². The molecule has 20 heavy (non-hydrogen) atoms. The van der Waals surface area contributed by atoms with Crippen LogP contribution in [0.2, 0.25) is 0 Å². The van der Waals surface area contributed by atoms with Crippen LogP contribution in [0.4, 0.5) is 0 Å². The van der Waals surface area contributed by atoms with E-state index in [0.717, 1.165) is 39.9 Å². The molecule has 0 saturated carbocycles. The van der Waals surface area contributed by atoms with Gasteiger partial charge in [-0.2, -0.15) is 0 Å². The summed E-state index contributed by atoms with van der Waals surface area (Å²) in [4.78, 5) is 12.6. The van der Waals surface area contributed by atoms with Gasteiger partial charge in [0.05, 0.1) is 0 Å². The zero-order valence-corrected chi connectivity index (χ0v) is 11.6. The lowest BCUT2D eigenvalue weighted by Crippen LogP contribution is -2.02. The van der Waals surface area contributed by atoms with E-state index < -0.39 is 0 Å². The molecule has 0 fully saturated rings. The molecule has 0 atom stereocenters. The quantitative estimate of drug-likeness (QED) is 0.467. The smallest absolute Gasteiger partial charge is 0.167 e. The fourth-order valence-electron chi connectivity index (χ4n) is 2.66. The first-order valence-electron chi connectivity index (χ1n) is 7.09. The molecule has 0 unspecified atom stereocenters. The molecule has 1 heteroatoms. The third-order valence-corrected chi connectivity index (χ3v) is 3.64. The maximum atomic E-state index is 12.6. The summed E-state index contributed by atoms with van der Waals surface area (Å²) in [5.41, 5.74) is 0.840. The summed E-state index contributed by atoms with van der Waals surface area (Å²) in [6.07, 6.45) is 3.64. The van der Waals surface area contributed by atoms with Crippen molar-refractivity contribution in [3.8, 4) is 0 Å². The summed E-state index contributed by atoms with van der Waals surface area (Å²) in [6, 6.07) is 18.4. The molecule has 1 radical (unpaired) electrons. The molecule has 0 bridgehead atoms. The minimum absolute atomic E-state index is 0.139. The number of fused-ring (bicyclic) bond motifs is 2. The van der Waals surface area contributed by atoms with E-state index in [2.05, 4.69) is 25.1 Å². The van der Waals surface area contributed by atoms with Gasteiger partial charge >= 0.3 is 0 Å². The van der Waals surface area contributed by atoms with E-state index in [1.165, 1.54) is 0 Å². The van der Waals surface area contributed by atoms with Crippen molar-refractivity contribution < 1.29 is 4.79 Å². The molecule has 0 heterocycles. The van der Waals surface area contributed by atoms with Crippen LogP contribution in [0.15, 0.2) is 54.6 Å². The van der Waals surface area contributed by atoms with Crippen LogP contribution in [0.1, 0.15) is 30.1 Å². The minimum atomic E-state index is 0.139. The van der Waals surface area contributed by atoms with Crippen LogP contribution in [0.5, 0.6) is 0 Å². The molecule has 3 aromatic carbocycles. The van der Waals surface area contributed by atoms with Gasteiger partial charge in [0.1, 0.15) is 0 Å². The number of carbonyl (C=O) groups is 1. The Morgan fingerprint density at radius 2 is 1.50 bits per heavy atom. The summed E-state index contributed by atoms with van der Waals surface area (Å²) in [5.74, 6) is 0.139. The highest BCUT2D eigenvalue weighted by atomic mass is 16.1. The zero-order chi connectivity index (χ0) is 13.9. The fraction of sp³-hybridized carbons (Fsp3) is 0.158. The molecule has 0 N–H and O–H groups in total.